The van der Waals surface area contributed by atoms with Crippen LogP contribution < -0.4 is 10.5 Å². The lowest BCUT2D eigenvalue weighted by Crippen LogP contribution is -2.62. The van der Waals surface area contributed by atoms with Gasteiger partial charge in [-0.15, -0.1) is 0 Å². The van der Waals surface area contributed by atoms with Gasteiger partial charge in [0.2, 0.25) is 0 Å². The molecule has 0 unspecified atom stereocenters. The maximum atomic E-state index is 11.1. The average Bonchev–Trinajstić information content (AvgIpc) is 2.22. The number of H-pyrrole nitrogens is 1. The molecular formula is C10H13N3O4. The molecule has 1 fully saturated rings. The summed E-state index contributed by atoms with van der Waals surface area (Å²) in [6.45, 7) is 2.57. The predicted molar refractivity (Wildman–Crippen MR) is 59.1 cm³/mol. The van der Waals surface area contributed by atoms with Crippen molar-refractivity contribution in [3.8, 4) is 0 Å². The second-order valence-electron chi connectivity index (χ2n) is 4.26. The van der Waals surface area contributed by atoms with Crippen molar-refractivity contribution < 1.29 is 14.6 Å². The SMILES string of the molecule is CC1(OCC(=O)O)CN(c2cc(=O)[nH]cn2)C1. The summed E-state index contributed by atoms with van der Waals surface area (Å²) in [5.74, 6) is -0.413. The number of nitrogens with zero attached hydrogens (tertiary/aromatic N) is 2. The highest BCUT2D eigenvalue weighted by Gasteiger charge is 2.41. The van der Waals surface area contributed by atoms with Crippen molar-refractivity contribution in [1.82, 2.24) is 9.97 Å². The van der Waals surface area contributed by atoms with Crippen LogP contribution in [0.3, 0.4) is 0 Å². The van der Waals surface area contributed by atoms with Crippen LogP contribution in [0.2, 0.25) is 0 Å². The normalized spacial score (nSPS) is 17.6. The number of carboxylic acid groups (broad SMARTS) is 1. The predicted octanol–water partition coefficient (Wildman–Crippen LogP) is -0.550. The van der Waals surface area contributed by atoms with Gasteiger partial charge in [0, 0.05) is 19.2 Å². The molecule has 7 heteroatoms. The van der Waals surface area contributed by atoms with Crippen LogP contribution in [-0.4, -0.2) is 46.3 Å². The number of hydrogen-bond donors (Lipinski definition) is 2. The standard InChI is InChI=1S/C10H13N3O4/c1-10(17-3-9(15)16)4-13(5-10)7-2-8(14)12-6-11-7/h2,6H,3-5H2,1H3,(H,15,16)(H,11,12,14). The van der Waals surface area contributed by atoms with Crippen molar-refractivity contribution in [1.29, 1.82) is 0 Å². The van der Waals surface area contributed by atoms with Crippen LogP contribution in [-0.2, 0) is 9.53 Å². The van der Waals surface area contributed by atoms with E-state index in [1.165, 1.54) is 12.4 Å². The van der Waals surface area contributed by atoms with Crippen molar-refractivity contribution in [3.63, 3.8) is 0 Å². The number of aromatic nitrogens is 2. The number of carbonyl (C=O) groups is 1. The molecule has 0 radical (unpaired) electrons. The van der Waals surface area contributed by atoms with Gasteiger partial charge in [-0.25, -0.2) is 9.78 Å². The molecule has 0 saturated carbocycles. The fourth-order valence-corrected chi connectivity index (χ4v) is 1.78. The number of ether oxygens (including phenoxy) is 1. The quantitative estimate of drug-likeness (QED) is 0.732. The topological polar surface area (TPSA) is 95.5 Å². The highest BCUT2D eigenvalue weighted by atomic mass is 16.5. The Morgan fingerprint density at radius 3 is 3.00 bits per heavy atom. The van der Waals surface area contributed by atoms with Crippen LogP contribution in [0, 0.1) is 0 Å². The number of hydrogen-bond acceptors (Lipinski definition) is 5. The van der Waals surface area contributed by atoms with Gasteiger partial charge in [-0.1, -0.05) is 0 Å². The molecule has 0 aromatic carbocycles. The maximum absolute atomic E-state index is 11.1. The zero-order valence-corrected chi connectivity index (χ0v) is 9.34. The molecule has 1 aliphatic heterocycles. The van der Waals surface area contributed by atoms with Gasteiger partial charge >= 0.3 is 5.97 Å². The van der Waals surface area contributed by atoms with E-state index in [0.29, 0.717) is 18.9 Å². The highest BCUT2D eigenvalue weighted by molar-refractivity contribution is 5.68. The first kappa shape index (κ1) is 11.6. The average molecular weight is 239 g/mol. The Morgan fingerprint density at radius 1 is 1.71 bits per heavy atom. The van der Waals surface area contributed by atoms with Crippen LogP contribution in [0.25, 0.3) is 0 Å². The van der Waals surface area contributed by atoms with E-state index in [-0.39, 0.29) is 12.2 Å². The molecule has 17 heavy (non-hydrogen) atoms. The molecule has 0 aliphatic carbocycles. The second kappa shape index (κ2) is 4.17. The zero-order valence-electron chi connectivity index (χ0n) is 9.34. The van der Waals surface area contributed by atoms with Gasteiger partial charge in [-0.3, -0.25) is 4.79 Å². The van der Waals surface area contributed by atoms with E-state index in [9.17, 15) is 9.59 Å². The van der Waals surface area contributed by atoms with Crippen molar-refractivity contribution in [2.45, 2.75) is 12.5 Å². The smallest absolute Gasteiger partial charge is 0.329 e. The third-order valence-corrected chi connectivity index (χ3v) is 2.58. The first-order valence-electron chi connectivity index (χ1n) is 5.14. The number of nitrogens with one attached hydrogen (secondary N) is 1. The Balaban J connectivity index is 1.94. The molecule has 2 heterocycles. The van der Waals surface area contributed by atoms with Gasteiger partial charge in [0.05, 0.1) is 6.33 Å². The lowest BCUT2D eigenvalue weighted by molar-refractivity contribution is -0.150. The van der Waals surface area contributed by atoms with E-state index < -0.39 is 11.6 Å². The summed E-state index contributed by atoms with van der Waals surface area (Å²) in [5, 5.41) is 8.52. The van der Waals surface area contributed by atoms with Crippen LogP contribution in [0.15, 0.2) is 17.2 Å². The summed E-state index contributed by atoms with van der Waals surface area (Å²) in [5.41, 5.74) is -0.696. The molecule has 1 aromatic heterocycles. The highest BCUT2D eigenvalue weighted by Crippen LogP contribution is 2.27. The molecule has 1 saturated heterocycles. The van der Waals surface area contributed by atoms with E-state index in [1.807, 2.05) is 11.8 Å². The first-order valence-corrected chi connectivity index (χ1v) is 5.14. The van der Waals surface area contributed by atoms with Crippen LogP contribution in [0.1, 0.15) is 6.92 Å². The molecule has 1 aromatic rings. The van der Waals surface area contributed by atoms with Crippen molar-refractivity contribution in [2.24, 2.45) is 0 Å². The van der Waals surface area contributed by atoms with Gasteiger partial charge in [0.25, 0.3) is 5.56 Å². The summed E-state index contributed by atoms with van der Waals surface area (Å²) in [6.07, 6.45) is 1.34. The molecule has 0 spiro atoms. The van der Waals surface area contributed by atoms with Gasteiger partial charge in [-0.05, 0) is 6.92 Å². The second-order valence-corrected chi connectivity index (χ2v) is 4.26. The summed E-state index contributed by atoms with van der Waals surface area (Å²) >= 11 is 0. The Bertz CT molecular complexity index is 478. The molecule has 0 bridgehead atoms. The van der Waals surface area contributed by atoms with Gasteiger partial charge in [0.1, 0.15) is 18.0 Å². The Labute approximate surface area is 97.0 Å². The molecular weight excluding hydrogens is 226 g/mol. The van der Waals surface area contributed by atoms with Crippen molar-refractivity contribution in [2.75, 3.05) is 24.6 Å². The Kier molecular flexibility index (Phi) is 2.84. The number of carboxylic acids is 1. The third-order valence-electron chi connectivity index (χ3n) is 2.58. The monoisotopic (exact) mass is 239 g/mol. The fraction of sp³-hybridized carbons (Fsp3) is 0.500. The minimum absolute atomic E-state index is 0.213. The van der Waals surface area contributed by atoms with Crippen molar-refractivity contribution in [3.05, 3.63) is 22.7 Å². The lowest BCUT2D eigenvalue weighted by atomic mass is 9.96. The molecule has 92 valence electrons. The summed E-state index contributed by atoms with van der Waals surface area (Å²) in [4.78, 5) is 29.8. The van der Waals surface area contributed by atoms with Gasteiger partial charge in [0.15, 0.2) is 0 Å². The van der Waals surface area contributed by atoms with E-state index in [1.54, 1.807) is 0 Å². The molecule has 0 atom stereocenters. The number of aliphatic carboxylic acids is 1. The summed E-state index contributed by atoms with van der Waals surface area (Å²) < 4.78 is 5.25. The minimum atomic E-state index is -0.987. The molecule has 7 nitrogen and oxygen atoms in total. The molecule has 2 rings (SSSR count). The summed E-state index contributed by atoms with van der Waals surface area (Å²) in [6, 6.07) is 1.40. The van der Waals surface area contributed by atoms with Gasteiger partial charge in [-0.2, -0.15) is 0 Å². The van der Waals surface area contributed by atoms with Crippen molar-refractivity contribution >= 4 is 11.8 Å². The van der Waals surface area contributed by atoms with Crippen LogP contribution in [0.5, 0.6) is 0 Å². The summed E-state index contributed by atoms with van der Waals surface area (Å²) in [7, 11) is 0. The third kappa shape index (κ3) is 2.62. The largest absolute Gasteiger partial charge is 0.480 e. The first-order chi connectivity index (χ1) is 7.98. The maximum Gasteiger partial charge on any atom is 0.329 e. The minimum Gasteiger partial charge on any atom is -0.480 e. The Hall–Kier alpha value is -1.89. The lowest BCUT2D eigenvalue weighted by Gasteiger charge is -2.47. The van der Waals surface area contributed by atoms with E-state index in [0.717, 1.165) is 0 Å². The molecule has 0 amide bonds. The van der Waals surface area contributed by atoms with Crippen LogP contribution in [0.4, 0.5) is 5.82 Å². The van der Waals surface area contributed by atoms with E-state index in [4.69, 9.17) is 9.84 Å². The van der Waals surface area contributed by atoms with E-state index in [2.05, 4.69) is 9.97 Å². The Morgan fingerprint density at radius 2 is 2.41 bits per heavy atom. The van der Waals surface area contributed by atoms with Gasteiger partial charge < -0.3 is 19.7 Å². The zero-order chi connectivity index (χ0) is 12.5. The number of anilines is 1. The number of rotatable bonds is 4. The fourth-order valence-electron chi connectivity index (χ4n) is 1.78. The number of aromatic amines is 1. The molecule has 1 aliphatic rings. The van der Waals surface area contributed by atoms with E-state index >= 15 is 0 Å². The van der Waals surface area contributed by atoms with Crippen LogP contribution >= 0.6 is 0 Å². The molecule has 2 N–H and O–H groups in total.